The molecule has 1 fully saturated rings. The van der Waals surface area contributed by atoms with Crippen LogP contribution in [0, 0.1) is 0 Å². The maximum atomic E-state index is 13.7. The molecule has 1 aliphatic heterocycles. The Hall–Kier alpha value is -3.07. The molecule has 10 nitrogen and oxygen atoms in total. The SMILES string of the molecule is COc1ccc(OC)c(S(=O)(=O)N(CC(=O)N2CCNCC2)Cc2ccccc2Cl)c1.O=C(O)C(F)(F)F. The van der Waals surface area contributed by atoms with Gasteiger partial charge in [-0.3, -0.25) is 4.79 Å². The van der Waals surface area contributed by atoms with E-state index in [1.165, 1.54) is 26.4 Å². The van der Waals surface area contributed by atoms with E-state index in [9.17, 15) is 26.4 Å². The third-order valence-corrected chi connectivity index (χ3v) is 7.50. The van der Waals surface area contributed by atoms with E-state index in [1.807, 2.05) is 0 Å². The van der Waals surface area contributed by atoms with Crippen LogP contribution in [0.3, 0.4) is 0 Å². The topological polar surface area (TPSA) is 125 Å². The molecule has 0 spiro atoms. The molecule has 210 valence electrons. The lowest BCUT2D eigenvalue weighted by Gasteiger charge is -2.30. The van der Waals surface area contributed by atoms with E-state index in [-0.39, 0.29) is 29.6 Å². The lowest BCUT2D eigenvalue weighted by atomic mass is 10.2. The standard InChI is InChI=1S/C21H26ClN3O5S.C2HF3O2/c1-29-17-7-8-19(30-2)20(13-17)31(27,28)25(14-16-5-3-4-6-18(16)22)15-21(26)24-11-9-23-10-12-24;3-2(4,5)1(6)7/h3-8,13,23H,9-12,14-15H2,1-2H3;(H,6,7). The summed E-state index contributed by atoms with van der Waals surface area (Å²) < 4.78 is 70.7. The Labute approximate surface area is 222 Å². The molecule has 1 heterocycles. The quantitative estimate of drug-likeness (QED) is 0.487. The first kappa shape index (κ1) is 31.1. The zero-order chi connectivity index (χ0) is 28.5. The molecule has 3 rings (SSSR count). The van der Waals surface area contributed by atoms with Crippen LogP contribution in [0.2, 0.25) is 5.02 Å². The van der Waals surface area contributed by atoms with Crippen molar-refractivity contribution < 1.29 is 45.8 Å². The number of amides is 1. The second kappa shape index (κ2) is 13.6. The lowest BCUT2D eigenvalue weighted by Crippen LogP contribution is -2.50. The van der Waals surface area contributed by atoms with Crippen LogP contribution in [0.25, 0.3) is 0 Å². The molecule has 2 N–H and O–H groups in total. The number of carboxylic acids is 1. The van der Waals surface area contributed by atoms with Crippen molar-refractivity contribution in [1.29, 1.82) is 0 Å². The number of carbonyl (C=O) groups is 2. The number of carboxylic acid groups (broad SMARTS) is 1. The van der Waals surface area contributed by atoms with Crippen molar-refractivity contribution in [2.24, 2.45) is 0 Å². The fourth-order valence-electron chi connectivity index (χ4n) is 3.33. The average molecular weight is 582 g/mol. The van der Waals surface area contributed by atoms with Gasteiger partial charge in [-0.15, -0.1) is 0 Å². The molecule has 1 saturated heterocycles. The number of hydrogen-bond donors (Lipinski definition) is 2. The summed E-state index contributed by atoms with van der Waals surface area (Å²) in [5.74, 6) is -2.49. The maximum absolute atomic E-state index is 13.7. The highest BCUT2D eigenvalue weighted by Crippen LogP contribution is 2.32. The van der Waals surface area contributed by atoms with Gasteiger partial charge < -0.3 is 24.8 Å². The molecular formula is C23H27ClF3N3O7S. The number of methoxy groups -OCH3 is 2. The molecule has 0 unspecified atom stereocenters. The Bertz CT molecular complexity index is 1220. The van der Waals surface area contributed by atoms with E-state index < -0.39 is 22.2 Å². The van der Waals surface area contributed by atoms with E-state index >= 15 is 0 Å². The number of hydrogen-bond acceptors (Lipinski definition) is 7. The van der Waals surface area contributed by atoms with Crippen LogP contribution in [0.5, 0.6) is 11.5 Å². The number of halogens is 4. The van der Waals surface area contributed by atoms with Crippen molar-refractivity contribution in [3.8, 4) is 11.5 Å². The van der Waals surface area contributed by atoms with Gasteiger partial charge in [-0.1, -0.05) is 29.8 Å². The minimum atomic E-state index is -5.08. The number of nitrogens with zero attached hydrogens (tertiary/aromatic N) is 2. The molecule has 0 aromatic heterocycles. The number of rotatable bonds is 8. The summed E-state index contributed by atoms with van der Waals surface area (Å²) in [6.07, 6.45) is -5.08. The molecule has 1 aliphatic rings. The fraction of sp³-hybridized carbons (Fsp3) is 0.391. The zero-order valence-electron chi connectivity index (χ0n) is 20.5. The number of carbonyl (C=O) groups excluding carboxylic acids is 1. The molecule has 1 amide bonds. The molecule has 0 radical (unpaired) electrons. The molecule has 38 heavy (non-hydrogen) atoms. The van der Waals surface area contributed by atoms with Crippen LogP contribution in [0.4, 0.5) is 13.2 Å². The number of sulfonamides is 1. The minimum Gasteiger partial charge on any atom is -0.497 e. The van der Waals surface area contributed by atoms with Crippen LogP contribution in [0.1, 0.15) is 5.56 Å². The van der Waals surface area contributed by atoms with Gasteiger partial charge in [-0.25, -0.2) is 13.2 Å². The monoisotopic (exact) mass is 581 g/mol. The van der Waals surface area contributed by atoms with Crippen molar-refractivity contribution in [1.82, 2.24) is 14.5 Å². The maximum Gasteiger partial charge on any atom is 0.490 e. The van der Waals surface area contributed by atoms with E-state index in [0.717, 1.165) is 4.31 Å². The first-order valence-corrected chi connectivity index (χ1v) is 12.9. The number of ether oxygens (including phenoxy) is 2. The number of nitrogens with one attached hydrogen (secondary N) is 1. The number of benzene rings is 2. The normalized spacial score (nSPS) is 13.9. The van der Waals surface area contributed by atoms with Gasteiger partial charge in [0.1, 0.15) is 16.4 Å². The first-order chi connectivity index (χ1) is 17.8. The molecular weight excluding hydrogens is 555 g/mol. The van der Waals surface area contributed by atoms with Crippen LogP contribution >= 0.6 is 11.6 Å². The van der Waals surface area contributed by atoms with Crippen molar-refractivity contribution in [2.75, 3.05) is 46.9 Å². The Kier molecular flexibility index (Phi) is 11.2. The van der Waals surface area contributed by atoms with Crippen molar-refractivity contribution in [3.05, 3.63) is 53.1 Å². The van der Waals surface area contributed by atoms with E-state index in [2.05, 4.69) is 5.32 Å². The number of piperazine rings is 1. The van der Waals surface area contributed by atoms with Gasteiger partial charge in [-0.05, 0) is 23.8 Å². The Balaban J connectivity index is 0.000000638. The Morgan fingerprint density at radius 2 is 1.71 bits per heavy atom. The predicted octanol–water partition coefficient (Wildman–Crippen LogP) is 2.61. The van der Waals surface area contributed by atoms with Gasteiger partial charge in [0.25, 0.3) is 0 Å². The zero-order valence-corrected chi connectivity index (χ0v) is 22.1. The van der Waals surface area contributed by atoms with Crippen LogP contribution in [0.15, 0.2) is 47.4 Å². The summed E-state index contributed by atoms with van der Waals surface area (Å²) in [7, 11) is -1.27. The highest BCUT2D eigenvalue weighted by molar-refractivity contribution is 7.89. The lowest BCUT2D eigenvalue weighted by molar-refractivity contribution is -0.192. The molecule has 0 atom stereocenters. The van der Waals surface area contributed by atoms with Crippen molar-refractivity contribution in [2.45, 2.75) is 17.6 Å². The summed E-state index contributed by atoms with van der Waals surface area (Å²) in [5.41, 5.74) is 0.600. The van der Waals surface area contributed by atoms with E-state index in [1.54, 1.807) is 35.2 Å². The second-order valence-electron chi connectivity index (χ2n) is 7.81. The number of aliphatic carboxylic acids is 1. The third kappa shape index (κ3) is 8.48. The van der Waals surface area contributed by atoms with Gasteiger partial charge in [0.2, 0.25) is 15.9 Å². The molecule has 2 aromatic carbocycles. The van der Waals surface area contributed by atoms with Gasteiger partial charge in [0.05, 0.1) is 20.8 Å². The summed E-state index contributed by atoms with van der Waals surface area (Å²) in [4.78, 5) is 23.4. The molecule has 0 aliphatic carbocycles. The Morgan fingerprint density at radius 3 is 2.24 bits per heavy atom. The van der Waals surface area contributed by atoms with Gasteiger partial charge in [0.15, 0.2) is 0 Å². The molecule has 0 bridgehead atoms. The summed E-state index contributed by atoms with van der Waals surface area (Å²) in [6.45, 7) is 2.04. The predicted molar refractivity (Wildman–Crippen MR) is 132 cm³/mol. The smallest absolute Gasteiger partial charge is 0.490 e. The summed E-state index contributed by atoms with van der Waals surface area (Å²) in [5, 5.41) is 10.7. The molecule has 15 heteroatoms. The van der Waals surface area contributed by atoms with Crippen LogP contribution in [-0.4, -0.2) is 87.7 Å². The average Bonchev–Trinajstić information content (AvgIpc) is 2.89. The molecule has 2 aromatic rings. The highest BCUT2D eigenvalue weighted by Gasteiger charge is 2.38. The van der Waals surface area contributed by atoms with Crippen LogP contribution < -0.4 is 14.8 Å². The highest BCUT2D eigenvalue weighted by atomic mass is 35.5. The van der Waals surface area contributed by atoms with Gasteiger partial charge in [0, 0.05) is 43.8 Å². The first-order valence-electron chi connectivity index (χ1n) is 11.1. The second-order valence-corrected chi connectivity index (χ2v) is 10.1. The van der Waals surface area contributed by atoms with E-state index in [4.69, 9.17) is 31.0 Å². The Morgan fingerprint density at radius 1 is 1.11 bits per heavy atom. The number of alkyl halides is 3. The summed E-state index contributed by atoms with van der Waals surface area (Å²) in [6, 6.07) is 11.5. The fourth-order valence-corrected chi connectivity index (χ4v) is 5.07. The minimum absolute atomic E-state index is 0.0554. The summed E-state index contributed by atoms with van der Waals surface area (Å²) >= 11 is 6.29. The third-order valence-electron chi connectivity index (χ3n) is 5.32. The van der Waals surface area contributed by atoms with E-state index in [0.29, 0.717) is 42.5 Å². The van der Waals surface area contributed by atoms with Gasteiger partial charge in [-0.2, -0.15) is 17.5 Å². The molecule has 0 saturated carbocycles. The van der Waals surface area contributed by atoms with Gasteiger partial charge >= 0.3 is 12.1 Å². The largest absolute Gasteiger partial charge is 0.497 e. The van der Waals surface area contributed by atoms with Crippen molar-refractivity contribution in [3.63, 3.8) is 0 Å². The van der Waals surface area contributed by atoms with Crippen molar-refractivity contribution >= 4 is 33.5 Å². The van der Waals surface area contributed by atoms with Crippen LogP contribution in [-0.2, 0) is 26.2 Å².